The van der Waals surface area contributed by atoms with E-state index in [-0.39, 0.29) is 11.3 Å². The third-order valence-corrected chi connectivity index (χ3v) is 3.03. The van der Waals surface area contributed by atoms with Crippen molar-refractivity contribution in [2.75, 3.05) is 0 Å². The molecule has 0 radical (unpaired) electrons. The van der Waals surface area contributed by atoms with Crippen molar-refractivity contribution in [1.82, 2.24) is 4.90 Å². The number of amides is 1. The predicted molar refractivity (Wildman–Crippen MR) is 71.8 cm³/mol. The SMILES string of the molecule is CCCCCCC(=O)N(Cc1ccccc1)C(F)(F)F. The molecule has 0 spiro atoms. The summed E-state index contributed by atoms with van der Waals surface area (Å²) in [5, 5.41) is 0. The number of alkyl halides is 3. The summed E-state index contributed by atoms with van der Waals surface area (Å²) < 4.78 is 38.8. The van der Waals surface area contributed by atoms with Gasteiger partial charge < -0.3 is 0 Å². The number of unbranched alkanes of at least 4 members (excludes halogenated alkanes) is 3. The van der Waals surface area contributed by atoms with Crippen LogP contribution in [-0.2, 0) is 11.3 Å². The second-order valence-corrected chi connectivity index (χ2v) is 4.74. The minimum atomic E-state index is -4.63. The van der Waals surface area contributed by atoms with Crippen molar-refractivity contribution in [2.45, 2.75) is 51.9 Å². The fourth-order valence-corrected chi connectivity index (χ4v) is 1.92. The second kappa shape index (κ2) is 7.92. The molecule has 0 aliphatic heterocycles. The molecule has 0 bridgehead atoms. The van der Waals surface area contributed by atoms with Crippen molar-refractivity contribution in [3.8, 4) is 0 Å². The molecule has 0 aliphatic carbocycles. The van der Waals surface area contributed by atoms with Gasteiger partial charge in [0.25, 0.3) is 0 Å². The summed E-state index contributed by atoms with van der Waals surface area (Å²) in [6.45, 7) is 1.59. The van der Waals surface area contributed by atoms with Crippen LogP contribution in [-0.4, -0.2) is 17.1 Å². The lowest BCUT2D eigenvalue weighted by molar-refractivity contribution is -0.243. The summed E-state index contributed by atoms with van der Waals surface area (Å²) in [5.41, 5.74) is 0.478. The standard InChI is InChI=1S/C15H20F3NO/c1-2-3-4-8-11-14(20)19(15(16,17)18)12-13-9-6-5-7-10-13/h5-7,9-10H,2-4,8,11-12H2,1H3. The monoisotopic (exact) mass is 287 g/mol. The molecule has 0 atom stereocenters. The molecule has 1 aromatic rings. The molecule has 20 heavy (non-hydrogen) atoms. The van der Waals surface area contributed by atoms with Gasteiger partial charge in [0.2, 0.25) is 5.91 Å². The molecule has 5 heteroatoms. The van der Waals surface area contributed by atoms with Gasteiger partial charge in [-0.2, -0.15) is 0 Å². The van der Waals surface area contributed by atoms with Gasteiger partial charge >= 0.3 is 6.30 Å². The fraction of sp³-hybridized carbons (Fsp3) is 0.533. The van der Waals surface area contributed by atoms with Crippen molar-refractivity contribution in [3.63, 3.8) is 0 Å². The number of rotatable bonds is 7. The van der Waals surface area contributed by atoms with Crippen LogP contribution in [0.4, 0.5) is 13.2 Å². The average Bonchev–Trinajstić information content (AvgIpc) is 2.40. The largest absolute Gasteiger partial charge is 0.487 e. The molecule has 0 aromatic heterocycles. The van der Waals surface area contributed by atoms with E-state index in [9.17, 15) is 18.0 Å². The summed E-state index contributed by atoms with van der Waals surface area (Å²) >= 11 is 0. The van der Waals surface area contributed by atoms with E-state index in [1.165, 1.54) is 0 Å². The smallest absolute Gasteiger partial charge is 0.275 e. The van der Waals surface area contributed by atoms with Crippen molar-refractivity contribution >= 4 is 5.91 Å². The van der Waals surface area contributed by atoms with Gasteiger partial charge in [-0.3, -0.25) is 4.79 Å². The van der Waals surface area contributed by atoms with Gasteiger partial charge in [0.15, 0.2) is 0 Å². The lowest BCUT2D eigenvalue weighted by atomic mass is 10.1. The van der Waals surface area contributed by atoms with Gasteiger partial charge in [-0.05, 0) is 12.0 Å². The van der Waals surface area contributed by atoms with E-state index in [1.807, 2.05) is 6.92 Å². The minimum Gasteiger partial charge on any atom is -0.275 e. The number of nitrogens with zero attached hydrogens (tertiary/aromatic N) is 1. The zero-order chi connectivity index (χ0) is 15.0. The van der Waals surface area contributed by atoms with Gasteiger partial charge in [-0.15, -0.1) is 13.2 Å². The first-order valence-corrected chi connectivity index (χ1v) is 6.86. The van der Waals surface area contributed by atoms with Crippen LogP contribution in [0.1, 0.15) is 44.6 Å². The van der Waals surface area contributed by atoms with Crippen LogP contribution in [0, 0.1) is 0 Å². The van der Waals surface area contributed by atoms with Gasteiger partial charge in [0, 0.05) is 6.42 Å². The molecule has 2 nitrogen and oxygen atoms in total. The van der Waals surface area contributed by atoms with E-state index in [2.05, 4.69) is 0 Å². The molecule has 0 unspecified atom stereocenters. The predicted octanol–water partition coefficient (Wildman–Crippen LogP) is 4.51. The number of hydrogen-bond donors (Lipinski definition) is 0. The van der Waals surface area contributed by atoms with E-state index in [4.69, 9.17) is 0 Å². The van der Waals surface area contributed by atoms with Crippen molar-refractivity contribution in [3.05, 3.63) is 35.9 Å². The summed E-state index contributed by atoms with van der Waals surface area (Å²) in [5.74, 6) is -0.850. The van der Waals surface area contributed by atoms with Crippen LogP contribution in [0.5, 0.6) is 0 Å². The molecule has 0 saturated carbocycles. The van der Waals surface area contributed by atoms with E-state index < -0.39 is 18.8 Å². The fourth-order valence-electron chi connectivity index (χ4n) is 1.92. The summed E-state index contributed by atoms with van der Waals surface area (Å²) in [6.07, 6.45) is -1.45. The van der Waals surface area contributed by atoms with Crippen LogP contribution in [0.25, 0.3) is 0 Å². The van der Waals surface area contributed by atoms with Gasteiger partial charge in [-0.25, -0.2) is 4.90 Å². The van der Waals surface area contributed by atoms with Gasteiger partial charge in [-0.1, -0.05) is 56.5 Å². The number of halogens is 3. The van der Waals surface area contributed by atoms with Crippen LogP contribution in [0.2, 0.25) is 0 Å². The molecule has 0 heterocycles. The Morgan fingerprint density at radius 3 is 2.30 bits per heavy atom. The van der Waals surface area contributed by atoms with Crippen LogP contribution >= 0.6 is 0 Å². The third kappa shape index (κ3) is 5.63. The normalized spacial score (nSPS) is 11.4. The summed E-state index contributed by atoms with van der Waals surface area (Å²) in [6, 6.07) is 8.23. The lowest BCUT2D eigenvalue weighted by Gasteiger charge is -2.25. The molecule has 112 valence electrons. The molecule has 1 amide bonds. The van der Waals surface area contributed by atoms with Crippen molar-refractivity contribution < 1.29 is 18.0 Å². The number of carbonyl (C=O) groups excluding carboxylic acids is 1. The molecule has 1 rings (SSSR count). The van der Waals surface area contributed by atoms with E-state index in [1.54, 1.807) is 30.3 Å². The molecule has 0 aliphatic rings. The zero-order valence-electron chi connectivity index (χ0n) is 11.6. The first-order valence-electron chi connectivity index (χ1n) is 6.86. The Bertz CT molecular complexity index is 403. The average molecular weight is 287 g/mol. The van der Waals surface area contributed by atoms with E-state index in [0.717, 1.165) is 19.3 Å². The first kappa shape index (κ1) is 16.5. The van der Waals surface area contributed by atoms with Crippen LogP contribution in [0.15, 0.2) is 30.3 Å². The number of hydrogen-bond acceptors (Lipinski definition) is 1. The van der Waals surface area contributed by atoms with Crippen LogP contribution < -0.4 is 0 Å². The van der Waals surface area contributed by atoms with Gasteiger partial charge in [0.1, 0.15) is 0 Å². The highest BCUT2D eigenvalue weighted by molar-refractivity contribution is 5.76. The Hall–Kier alpha value is -1.52. The Morgan fingerprint density at radius 1 is 1.10 bits per heavy atom. The van der Waals surface area contributed by atoms with E-state index >= 15 is 0 Å². The Morgan fingerprint density at radius 2 is 1.75 bits per heavy atom. The Labute approximate surface area is 117 Å². The Kier molecular flexibility index (Phi) is 6.55. The maximum atomic E-state index is 12.9. The molecular formula is C15H20F3NO. The molecule has 0 N–H and O–H groups in total. The lowest BCUT2D eigenvalue weighted by Crippen LogP contribution is -2.42. The minimum absolute atomic E-state index is 0.00821. The molecular weight excluding hydrogens is 267 g/mol. The zero-order valence-corrected chi connectivity index (χ0v) is 11.6. The Balaban J connectivity index is 2.63. The maximum absolute atomic E-state index is 12.9. The van der Waals surface area contributed by atoms with Gasteiger partial charge in [0.05, 0.1) is 6.54 Å². The summed E-state index contributed by atoms with van der Waals surface area (Å²) in [4.78, 5) is 11.8. The molecule has 0 fully saturated rings. The topological polar surface area (TPSA) is 20.3 Å². The highest BCUT2D eigenvalue weighted by atomic mass is 19.4. The number of benzene rings is 1. The third-order valence-electron chi connectivity index (χ3n) is 3.03. The molecule has 1 aromatic carbocycles. The number of carbonyl (C=O) groups is 1. The second-order valence-electron chi connectivity index (χ2n) is 4.74. The summed E-state index contributed by atoms with van der Waals surface area (Å²) in [7, 11) is 0. The van der Waals surface area contributed by atoms with Crippen molar-refractivity contribution in [1.29, 1.82) is 0 Å². The highest BCUT2D eigenvalue weighted by Crippen LogP contribution is 2.25. The van der Waals surface area contributed by atoms with Crippen molar-refractivity contribution in [2.24, 2.45) is 0 Å². The quantitative estimate of drug-likeness (QED) is 0.534. The highest BCUT2D eigenvalue weighted by Gasteiger charge is 2.40. The van der Waals surface area contributed by atoms with Crippen LogP contribution in [0.3, 0.4) is 0 Å². The maximum Gasteiger partial charge on any atom is 0.487 e. The first-order chi connectivity index (χ1) is 9.45. The van der Waals surface area contributed by atoms with E-state index in [0.29, 0.717) is 12.0 Å². The molecule has 0 saturated heterocycles.